The van der Waals surface area contributed by atoms with Crippen LogP contribution in [0.5, 0.6) is 0 Å². The van der Waals surface area contributed by atoms with Crippen molar-refractivity contribution in [1.82, 2.24) is 26.7 Å². The molecule has 4 atom stereocenters. The molecule has 8 nitrogen and oxygen atoms in total. The lowest BCUT2D eigenvalue weighted by molar-refractivity contribution is -0.143. The van der Waals surface area contributed by atoms with Crippen LogP contribution in [-0.2, 0) is 28.4 Å². The van der Waals surface area contributed by atoms with E-state index in [1.54, 1.807) is 6.34 Å². The monoisotopic (exact) mass is 550 g/mol. The minimum absolute atomic E-state index is 0.00615. The molecule has 1 amide bonds. The van der Waals surface area contributed by atoms with Gasteiger partial charge in [0.2, 0.25) is 5.91 Å². The van der Waals surface area contributed by atoms with Crippen molar-refractivity contribution >= 4 is 12.2 Å². The molecule has 1 saturated heterocycles. The van der Waals surface area contributed by atoms with Crippen molar-refractivity contribution in [2.24, 2.45) is 16.4 Å². The predicted molar refractivity (Wildman–Crippen MR) is 126 cm³/mol. The summed E-state index contributed by atoms with van der Waals surface area (Å²) in [7, 11) is 0. The van der Waals surface area contributed by atoms with Gasteiger partial charge in [0.15, 0.2) is 0 Å². The average molecular weight is 551 g/mol. The lowest BCUT2D eigenvalue weighted by Crippen LogP contribution is -2.60. The van der Waals surface area contributed by atoms with Gasteiger partial charge in [0, 0.05) is 25.2 Å². The standard InChI is InChI=1S/C24H32F6N6O2/c1-14(2)22(5-3-18(10-22)33-19-4-6-38-12-20(19)36-13-32-34-35-36)21(37)31-11-15-7-16(23(25,26)27)9-17(8-15)24(28,29)30/h7-9,13-14,18-20,33-35H,3-6,10-12H2,1-2H3,(H,31,37)/t18-,19?,20?,22+/m1/s1. The molecule has 4 rings (SSSR count). The van der Waals surface area contributed by atoms with Crippen molar-refractivity contribution in [3.8, 4) is 0 Å². The Bertz CT molecular complexity index is 1000. The molecule has 14 heteroatoms. The molecular weight excluding hydrogens is 518 g/mol. The Morgan fingerprint density at radius 1 is 1.16 bits per heavy atom. The van der Waals surface area contributed by atoms with E-state index < -0.39 is 35.4 Å². The number of carbonyl (C=O) groups excluding carboxylic acids is 1. The highest BCUT2D eigenvalue weighted by Crippen LogP contribution is 2.45. The minimum atomic E-state index is -4.95. The lowest BCUT2D eigenvalue weighted by atomic mass is 9.74. The predicted octanol–water partition coefficient (Wildman–Crippen LogP) is 3.55. The van der Waals surface area contributed by atoms with Crippen molar-refractivity contribution < 1.29 is 35.9 Å². The molecule has 38 heavy (non-hydrogen) atoms. The van der Waals surface area contributed by atoms with Crippen LogP contribution in [0.3, 0.4) is 0 Å². The Morgan fingerprint density at radius 2 is 1.84 bits per heavy atom. The van der Waals surface area contributed by atoms with E-state index in [-0.39, 0.29) is 41.6 Å². The fourth-order valence-corrected chi connectivity index (χ4v) is 5.56. The average Bonchev–Trinajstić information content (AvgIpc) is 3.53. The van der Waals surface area contributed by atoms with Crippen LogP contribution in [0.15, 0.2) is 23.3 Å². The third kappa shape index (κ3) is 6.18. The van der Waals surface area contributed by atoms with Crippen LogP contribution in [0.1, 0.15) is 56.2 Å². The summed E-state index contributed by atoms with van der Waals surface area (Å²) in [5, 5.41) is 12.0. The number of carbonyl (C=O) groups is 1. The molecule has 1 aliphatic carbocycles. The Balaban J connectivity index is 1.44. The maximum Gasteiger partial charge on any atom is 0.416 e. The number of nitrogens with one attached hydrogen (secondary N) is 4. The number of amides is 1. The van der Waals surface area contributed by atoms with Crippen molar-refractivity contribution in [2.75, 3.05) is 13.2 Å². The van der Waals surface area contributed by atoms with E-state index in [0.29, 0.717) is 44.6 Å². The molecule has 3 aliphatic rings. The van der Waals surface area contributed by atoms with Gasteiger partial charge in [-0.05, 0) is 55.4 Å². The number of hydrazone groups is 1. The van der Waals surface area contributed by atoms with E-state index in [9.17, 15) is 31.1 Å². The molecule has 0 aromatic heterocycles. The number of rotatable bonds is 7. The summed E-state index contributed by atoms with van der Waals surface area (Å²) in [6, 6.07) is 1.40. The fraction of sp³-hybridized carbons (Fsp3) is 0.667. The summed E-state index contributed by atoms with van der Waals surface area (Å²) >= 11 is 0. The summed E-state index contributed by atoms with van der Waals surface area (Å²) in [6.07, 6.45) is -5.76. The number of alkyl halides is 6. The van der Waals surface area contributed by atoms with Crippen LogP contribution in [0.4, 0.5) is 26.3 Å². The summed E-state index contributed by atoms with van der Waals surface area (Å²) < 4.78 is 85.0. The van der Waals surface area contributed by atoms with Gasteiger partial charge in [-0.15, -0.1) is 5.53 Å². The first-order chi connectivity index (χ1) is 17.8. The van der Waals surface area contributed by atoms with Crippen LogP contribution in [0.2, 0.25) is 0 Å². The summed E-state index contributed by atoms with van der Waals surface area (Å²) in [5.41, 5.74) is 1.72. The first-order valence-electron chi connectivity index (χ1n) is 12.5. The highest BCUT2D eigenvalue weighted by atomic mass is 19.4. The fourth-order valence-electron chi connectivity index (χ4n) is 5.56. The maximum absolute atomic E-state index is 13.4. The summed E-state index contributed by atoms with van der Waals surface area (Å²) in [6.45, 7) is 4.44. The second-order valence-corrected chi connectivity index (χ2v) is 10.4. The van der Waals surface area contributed by atoms with Crippen molar-refractivity contribution in [3.63, 3.8) is 0 Å². The van der Waals surface area contributed by atoms with Gasteiger partial charge in [-0.3, -0.25) is 9.80 Å². The van der Waals surface area contributed by atoms with Crippen molar-refractivity contribution in [2.45, 2.75) is 76.6 Å². The molecule has 212 valence electrons. The Kier molecular flexibility index (Phi) is 8.15. The van der Waals surface area contributed by atoms with Crippen LogP contribution in [0.25, 0.3) is 0 Å². The van der Waals surface area contributed by atoms with Gasteiger partial charge in [0.1, 0.15) is 6.34 Å². The van der Waals surface area contributed by atoms with E-state index in [1.165, 1.54) is 0 Å². The molecule has 2 heterocycles. The Hall–Kier alpha value is -2.58. The van der Waals surface area contributed by atoms with Crippen molar-refractivity contribution in [1.29, 1.82) is 0 Å². The number of benzene rings is 1. The molecule has 2 unspecified atom stereocenters. The SMILES string of the molecule is CC(C)[C@]1(C(=O)NCc2cc(C(F)(F)F)cc(C(F)(F)F)c2)CC[C@@H](NC2CCOCC2N2C=NNN2)C1. The van der Waals surface area contributed by atoms with E-state index in [2.05, 4.69) is 26.8 Å². The molecule has 0 bridgehead atoms. The molecule has 0 spiro atoms. The number of nitrogens with zero attached hydrogens (tertiary/aromatic N) is 2. The highest BCUT2D eigenvalue weighted by molar-refractivity contribution is 5.83. The van der Waals surface area contributed by atoms with Crippen molar-refractivity contribution in [3.05, 3.63) is 34.9 Å². The van der Waals surface area contributed by atoms with Gasteiger partial charge in [-0.25, -0.2) is 5.53 Å². The van der Waals surface area contributed by atoms with E-state index in [0.717, 1.165) is 6.42 Å². The second kappa shape index (κ2) is 10.9. The van der Waals surface area contributed by atoms with Crippen LogP contribution < -0.4 is 21.7 Å². The first-order valence-corrected chi connectivity index (χ1v) is 12.5. The number of hydrogen-bond acceptors (Lipinski definition) is 7. The lowest BCUT2D eigenvalue weighted by Gasteiger charge is -2.39. The van der Waals surface area contributed by atoms with E-state index in [1.807, 2.05) is 18.9 Å². The molecule has 1 saturated carbocycles. The van der Waals surface area contributed by atoms with Gasteiger partial charge in [0.05, 0.1) is 29.2 Å². The van der Waals surface area contributed by atoms with E-state index >= 15 is 0 Å². The number of ether oxygens (including phenoxy) is 1. The molecule has 2 fully saturated rings. The van der Waals surface area contributed by atoms with Crippen LogP contribution in [-0.4, -0.2) is 48.6 Å². The summed E-state index contributed by atoms with van der Waals surface area (Å²) in [5.74, 6) is -0.465. The molecule has 1 aromatic rings. The largest absolute Gasteiger partial charge is 0.416 e. The Morgan fingerprint density at radius 3 is 2.42 bits per heavy atom. The van der Waals surface area contributed by atoms with Gasteiger partial charge in [0.25, 0.3) is 0 Å². The first kappa shape index (κ1) is 28.4. The third-order valence-corrected chi connectivity index (χ3v) is 7.77. The molecule has 0 radical (unpaired) electrons. The minimum Gasteiger partial charge on any atom is -0.379 e. The quantitative estimate of drug-likeness (QED) is 0.389. The van der Waals surface area contributed by atoms with Gasteiger partial charge >= 0.3 is 12.4 Å². The zero-order chi connectivity index (χ0) is 27.7. The number of hydrogen-bond donors (Lipinski definition) is 4. The van der Waals surface area contributed by atoms with Crippen LogP contribution in [0, 0.1) is 11.3 Å². The number of hydrazine groups is 2. The topological polar surface area (TPSA) is 90.0 Å². The zero-order valence-electron chi connectivity index (χ0n) is 21.0. The molecular formula is C24H32F6N6O2. The molecule has 2 aliphatic heterocycles. The van der Waals surface area contributed by atoms with Gasteiger partial charge in [-0.2, -0.15) is 31.4 Å². The molecule has 4 N–H and O–H groups in total. The Labute approximate surface area is 216 Å². The second-order valence-electron chi connectivity index (χ2n) is 10.4. The summed E-state index contributed by atoms with van der Waals surface area (Å²) in [4.78, 5) is 13.4. The third-order valence-electron chi connectivity index (χ3n) is 7.77. The molecule has 1 aromatic carbocycles. The highest BCUT2D eigenvalue weighted by Gasteiger charge is 2.48. The van der Waals surface area contributed by atoms with Gasteiger partial charge < -0.3 is 15.4 Å². The van der Waals surface area contributed by atoms with E-state index in [4.69, 9.17) is 4.74 Å². The smallest absolute Gasteiger partial charge is 0.379 e. The maximum atomic E-state index is 13.4. The zero-order valence-corrected chi connectivity index (χ0v) is 21.0. The number of halogens is 6. The normalized spacial score (nSPS) is 28.1. The van der Waals surface area contributed by atoms with Crippen LogP contribution >= 0.6 is 0 Å². The van der Waals surface area contributed by atoms with Gasteiger partial charge in [-0.1, -0.05) is 13.8 Å².